The molecule has 2 rings (SSSR count). The van der Waals surface area contributed by atoms with Crippen molar-refractivity contribution in [3.05, 3.63) is 28.2 Å². The Balaban J connectivity index is 1.57. The van der Waals surface area contributed by atoms with E-state index >= 15 is 0 Å². The molecule has 0 unspecified atom stereocenters. The molecule has 1 fully saturated rings. The Morgan fingerprint density at radius 3 is 2.45 bits per heavy atom. The molecule has 4 nitrogen and oxygen atoms in total. The molecule has 0 amide bonds. The molecule has 1 heterocycles. The summed E-state index contributed by atoms with van der Waals surface area (Å²) in [5.41, 5.74) is 0. The third kappa shape index (κ3) is 5.11. The van der Waals surface area contributed by atoms with Gasteiger partial charge in [-0.2, -0.15) is 0 Å². The fourth-order valence-corrected chi connectivity index (χ4v) is 2.45. The van der Waals surface area contributed by atoms with Gasteiger partial charge in [0, 0.05) is 19.6 Å². The Bertz CT molecular complexity index is 391. The zero-order chi connectivity index (χ0) is 14.2. The van der Waals surface area contributed by atoms with E-state index in [1.807, 2.05) is 0 Å². The molecule has 112 valence electrons. The number of morpholine rings is 1. The summed E-state index contributed by atoms with van der Waals surface area (Å²) in [6, 6.07) is 5.29. The van der Waals surface area contributed by atoms with Crippen LogP contribution in [-0.2, 0) is 9.47 Å². The Morgan fingerprint density at radius 1 is 1.05 bits per heavy atom. The Hall–Kier alpha value is -0.520. The molecule has 20 heavy (non-hydrogen) atoms. The average molecular weight is 320 g/mol. The molecule has 0 aliphatic carbocycles. The second kappa shape index (κ2) is 8.70. The third-order valence-corrected chi connectivity index (χ3v) is 3.64. The van der Waals surface area contributed by atoms with Gasteiger partial charge in [-0.1, -0.05) is 29.3 Å². The fourth-order valence-electron chi connectivity index (χ4n) is 1.94. The lowest BCUT2D eigenvalue weighted by atomic mass is 10.3. The van der Waals surface area contributed by atoms with Crippen molar-refractivity contribution in [1.82, 2.24) is 4.90 Å². The molecule has 0 spiro atoms. The van der Waals surface area contributed by atoms with Crippen molar-refractivity contribution in [3.63, 3.8) is 0 Å². The highest BCUT2D eigenvalue weighted by Gasteiger charge is 2.09. The largest absolute Gasteiger partial charge is 0.488 e. The van der Waals surface area contributed by atoms with Crippen molar-refractivity contribution in [1.29, 1.82) is 0 Å². The maximum atomic E-state index is 6.00. The standard InChI is InChI=1S/C14H19Cl2NO3/c15-12-2-1-3-13(16)14(12)20-11-10-19-9-6-17-4-7-18-8-5-17/h1-3H,4-11H2. The van der Waals surface area contributed by atoms with E-state index in [0.717, 1.165) is 32.8 Å². The van der Waals surface area contributed by atoms with Crippen LogP contribution in [-0.4, -0.2) is 57.6 Å². The van der Waals surface area contributed by atoms with Gasteiger partial charge in [0.05, 0.1) is 36.5 Å². The van der Waals surface area contributed by atoms with E-state index < -0.39 is 0 Å². The number of halogens is 2. The second-order valence-corrected chi connectivity index (χ2v) is 5.28. The van der Waals surface area contributed by atoms with Crippen LogP contribution in [0.4, 0.5) is 0 Å². The van der Waals surface area contributed by atoms with Gasteiger partial charge >= 0.3 is 0 Å². The molecule has 0 bridgehead atoms. The summed E-state index contributed by atoms with van der Waals surface area (Å²) in [7, 11) is 0. The van der Waals surface area contributed by atoms with E-state index in [0.29, 0.717) is 35.6 Å². The van der Waals surface area contributed by atoms with Crippen LogP contribution in [0.25, 0.3) is 0 Å². The second-order valence-electron chi connectivity index (χ2n) is 4.47. The van der Waals surface area contributed by atoms with Crippen molar-refractivity contribution < 1.29 is 14.2 Å². The Kier molecular flexibility index (Phi) is 6.90. The minimum Gasteiger partial charge on any atom is -0.488 e. The zero-order valence-corrected chi connectivity index (χ0v) is 12.8. The van der Waals surface area contributed by atoms with Crippen LogP contribution in [0.3, 0.4) is 0 Å². The summed E-state index contributed by atoms with van der Waals surface area (Å²) < 4.78 is 16.4. The molecule has 0 radical (unpaired) electrons. The first-order valence-electron chi connectivity index (χ1n) is 6.72. The molecule has 1 aromatic rings. The molecule has 0 N–H and O–H groups in total. The molecular weight excluding hydrogens is 301 g/mol. The van der Waals surface area contributed by atoms with Crippen molar-refractivity contribution in [3.8, 4) is 5.75 Å². The van der Waals surface area contributed by atoms with Gasteiger partial charge in [0.15, 0.2) is 5.75 Å². The topological polar surface area (TPSA) is 30.9 Å². The highest BCUT2D eigenvalue weighted by Crippen LogP contribution is 2.32. The summed E-state index contributed by atoms with van der Waals surface area (Å²) in [6.45, 7) is 6.17. The quantitative estimate of drug-likeness (QED) is 0.723. The van der Waals surface area contributed by atoms with Gasteiger partial charge in [0.2, 0.25) is 0 Å². The lowest BCUT2D eigenvalue weighted by Crippen LogP contribution is -2.38. The Morgan fingerprint density at radius 2 is 1.75 bits per heavy atom. The van der Waals surface area contributed by atoms with Crippen molar-refractivity contribution >= 4 is 23.2 Å². The van der Waals surface area contributed by atoms with Crippen LogP contribution in [0, 0.1) is 0 Å². The van der Waals surface area contributed by atoms with Gasteiger partial charge < -0.3 is 14.2 Å². The first kappa shape index (κ1) is 15.9. The smallest absolute Gasteiger partial charge is 0.156 e. The number of hydrogen-bond acceptors (Lipinski definition) is 4. The molecule has 1 aliphatic heterocycles. The van der Waals surface area contributed by atoms with E-state index in [4.69, 9.17) is 37.4 Å². The number of benzene rings is 1. The maximum absolute atomic E-state index is 6.00. The molecular formula is C14H19Cl2NO3. The number of ether oxygens (including phenoxy) is 3. The lowest BCUT2D eigenvalue weighted by Gasteiger charge is -2.26. The highest BCUT2D eigenvalue weighted by atomic mass is 35.5. The first-order chi connectivity index (χ1) is 9.77. The van der Waals surface area contributed by atoms with Gasteiger partial charge in [0.25, 0.3) is 0 Å². The van der Waals surface area contributed by atoms with E-state index in [2.05, 4.69) is 4.90 Å². The zero-order valence-electron chi connectivity index (χ0n) is 11.3. The van der Waals surface area contributed by atoms with Crippen molar-refractivity contribution in [2.75, 3.05) is 52.7 Å². The number of rotatable bonds is 7. The summed E-state index contributed by atoms with van der Waals surface area (Å²) in [5.74, 6) is 0.521. The van der Waals surface area contributed by atoms with E-state index in [9.17, 15) is 0 Å². The van der Waals surface area contributed by atoms with Gasteiger partial charge in [0.1, 0.15) is 6.61 Å². The van der Waals surface area contributed by atoms with E-state index in [1.165, 1.54) is 0 Å². The molecule has 0 aromatic heterocycles. The van der Waals surface area contributed by atoms with E-state index in [-0.39, 0.29) is 0 Å². The normalized spacial score (nSPS) is 16.3. The van der Waals surface area contributed by atoms with Gasteiger partial charge in [-0.05, 0) is 12.1 Å². The predicted molar refractivity (Wildman–Crippen MR) is 80.0 cm³/mol. The minimum absolute atomic E-state index is 0.437. The van der Waals surface area contributed by atoms with Crippen LogP contribution < -0.4 is 4.74 Å². The summed E-state index contributed by atoms with van der Waals surface area (Å²) in [6.07, 6.45) is 0. The predicted octanol–water partition coefficient (Wildman–Crippen LogP) is 2.72. The van der Waals surface area contributed by atoms with Gasteiger partial charge in [-0.15, -0.1) is 0 Å². The molecule has 1 aromatic carbocycles. The number of hydrogen-bond donors (Lipinski definition) is 0. The summed E-state index contributed by atoms with van der Waals surface area (Å²) in [5, 5.41) is 1.04. The number of nitrogens with zero attached hydrogens (tertiary/aromatic N) is 1. The van der Waals surface area contributed by atoms with Crippen molar-refractivity contribution in [2.24, 2.45) is 0 Å². The molecule has 0 saturated carbocycles. The van der Waals surface area contributed by atoms with Crippen LogP contribution in [0.1, 0.15) is 0 Å². The molecule has 6 heteroatoms. The average Bonchev–Trinajstić information content (AvgIpc) is 2.46. The molecule has 0 atom stereocenters. The minimum atomic E-state index is 0.437. The summed E-state index contributed by atoms with van der Waals surface area (Å²) in [4.78, 5) is 2.33. The van der Waals surface area contributed by atoms with E-state index in [1.54, 1.807) is 18.2 Å². The van der Waals surface area contributed by atoms with Crippen molar-refractivity contribution in [2.45, 2.75) is 0 Å². The third-order valence-electron chi connectivity index (χ3n) is 3.05. The lowest BCUT2D eigenvalue weighted by molar-refractivity contribution is 0.0170. The van der Waals surface area contributed by atoms with Gasteiger partial charge in [-0.3, -0.25) is 4.90 Å². The van der Waals surface area contributed by atoms with Crippen LogP contribution in [0.15, 0.2) is 18.2 Å². The number of para-hydroxylation sites is 1. The van der Waals surface area contributed by atoms with Crippen LogP contribution in [0.5, 0.6) is 5.75 Å². The van der Waals surface area contributed by atoms with Gasteiger partial charge in [-0.25, -0.2) is 0 Å². The van der Waals surface area contributed by atoms with Crippen LogP contribution in [0.2, 0.25) is 10.0 Å². The summed E-state index contributed by atoms with van der Waals surface area (Å²) >= 11 is 12.0. The molecule has 1 aliphatic rings. The SMILES string of the molecule is Clc1cccc(Cl)c1OCCOCCN1CCOCC1. The highest BCUT2D eigenvalue weighted by molar-refractivity contribution is 6.37. The maximum Gasteiger partial charge on any atom is 0.156 e. The Labute approximate surface area is 129 Å². The monoisotopic (exact) mass is 319 g/mol. The fraction of sp³-hybridized carbons (Fsp3) is 0.571. The van der Waals surface area contributed by atoms with Crippen LogP contribution >= 0.6 is 23.2 Å². The first-order valence-corrected chi connectivity index (χ1v) is 7.47. The molecule has 1 saturated heterocycles.